The highest BCUT2D eigenvalue weighted by Crippen LogP contribution is 2.37. The van der Waals surface area contributed by atoms with E-state index in [4.69, 9.17) is 0 Å². The van der Waals surface area contributed by atoms with Crippen LogP contribution >= 0.6 is 43.2 Å². The van der Waals surface area contributed by atoms with E-state index in [0.717, 1.165) is 26.2 Å². The zero-order chi connectivity index (χ0) is 13.1. The smallest absolute Gasteiger partial charge is 0.0799 e. The Balaban J connectivity index is 2.37. The summed E-state index contributed by atoms with van der Waals surface area (Å²) in [7, 11) is 1.91. The zero-order valence-corrected chi connectivity index (χ0v) is 14.1. The third kappa shape index (κ3) is 3.01. The molecule has 2 aromatic heterocycles. The van der Waals surface area contributed by atoms with Gasteiger partial charge in [-0.05, 0) is 50.9 Å². The van der Waals surface area contributed by atoms with Crippen LogP contribution < -0.4 is 5.32 Å². The minimum Gasteiger partial charge on any atom is -0.305 e. The van der Waals surface area contributed by atoms with Crippen molar-refractivity contribution in [1.82, 2.24) is 20.3 Å². The van der Waals surface area contributed by atoms with Gasteiger partial charge >= 0.3 is 0 Å². The summed E-state index contributed by atoms with van der Waals surface area (Å²) in [5.41, 5.74) is 2.28. The molecule has 0 saturated carbocycles. The number of hydrogen-bond donors (Lipinski definition) is 1. The molecule has 0 aliphatic heterocycles. The van der Waals surface area contributed by atoms with E-state index in [1.807, 2.05) is 17.9 Å². The lowest BCUT2D eigenvalue weighted by molar-refractivity contribution is 0.550. The number of rotatable bonds is 5. The zero-order valence-electron chi connectivity index (χ0n) is 10.2. The maximum Gasteiger partial charge on any atom is 0.0799 e. The second-order valence-electron chi connectivity index (χ2n) is 3.95. The molecule has 0 aliphatic rings. The molecular formula is C11H14Br2N4S. The fourth-order valence-corrected chi connectivity index (χ4v) is 4.67. The standard InChI is InChI=1S/C11H14Br2N4S/c1-3-4-14-10(8-6-15-16-17(8)2)7-5-9(12)18-11(7)13/h5-6,10,14H,3-4H2,1-2H3. The van der Waals surface area contributed by atoms with Crippen molar-refractivity contribution in [3.8, 4) is 0 Å². The molecule has 2 aromatic rings. The Labute approximate surface area is 127 Å². The number of thiophene rings is 1. The van der Waals surface area contributed by atoms with Gasteiger partial charge in [-0.15, -0.1) is 16.4 Å². The predicted molar refractivity (Wildman–Crippen MR) is 80.9 cm³/mol. The van der Waals surface area contributed by atoms with Crippen molar-refractivity contribution in [3.05, 3.63) is 31.1 Å². The molecule has 98 valence electrons. The molecule has 0 amide bonds. The van der Waals surface area contributed by atoms with Gasteiger partial charge in [0, 0.05) is 12.6 Å². The molecule has 0 radical (unpaired) electrons. The Hall–Kier alpha value is -0.240. The Morgan fingerprint density at radius 3 is 2.78 bits per heavy atom. The molecule has 0 saturated heterocycles. The van der Waals surface area contributed by atoms with Crippen molar-refractivity contribution >= 4 is 43.2 Å². The maximum atomic E-state index is 4.01. The maximum absolute atomic E-state index is 4.01. The van der Waals surface area contributed by atoms with Gasteiger partial charge in [-0.3, -0.25) is 4.68 Å². The third-order valence-electron chi connectivity index (χ3n) is 2.64. The monoisotopic (exact) mass is 392 g/mol. The van der Waals surface area contributed by atoms with E-state index in [2.05, 4.69) is 60.5 Å². The van der Waals surface area contributed by atoms with Crippen LogP contribution in [0.15, 0.2) is 19.8 Å². The SMILES string of the molecule is CCCNC(c1cc(Br)sc1Br)c1cnnn1C. The van der Waals surface area contributed by atoms with E-state index in [1.54, 1.807) is 11.3 Å². The molecule has 0 spiro atoms. The van der Waals surface area contributed by atoms with E-state index in [9.17, 15) is 0 Å². The number of hydrogen-bond acceptors (Lipinski definition) is 4. The molecule has 1 unspecified atom stereocenters. The summed E-state index contributed by atoms with van der Waals surface area (Å²) in [6.45, 7) is 3.11. The first-order valence-electron chi connectivity index (χ1n) is 5.66. The minimum absolute atomic E-state index is 0.113. The summed E-state index contributed by atoms with van der Waals surface area (Å²) in [5, 5.41) is 11.5. The van der Waals surface area contributed by atoms with E-state index in [1.165, 1.54) is 5.56 Å². The van der Waals surface area contributed by atoms with Gasteiger partial charge in [-0.2, -0.15) is 0 Å². The van der Waals surface area contributed by atoms with Crippen molar-refractivity contribution in [2.24, 2.45) is 7.05 Å². The molecule has 2 rings (SSSR count). The topological polar surface area (TPSA) is 42.7 Å². The average molecular weight is 394 g/mol. The van der Waals surface area contributed by atoms with Crippen LogP contribution in [-0.2, 0) is 7.05 Å². The number of nitrogens with one attached hydrogen (secondary N) is 1. The van der Waals surface area contributed by atoms with Gasteiger partial charge in [0.25, 0.3) is 0 Å². The van der Waals surface area contributed by atoms with Crippen LogP contribution in [0.4, 0.5) is 0 Å². The number of halogens is 2. The Bertz CT molecular complexity index is 523. The molecule has 4 nitrogen and oxygen atoms in total. The fraction of sp³-hybridized carbons (Fsp3) is 0.455. The molecule has 1 N–H and O–H groups in total. The number of nitrogens with zero attached hydrogens (tertiary/aromatic N) is 3. The van der Waals surface area contributed by atoms with E-state index < -0.39 is 0 Å². The number of aromatic nitrogens is 3. The Morgan fingerprint density at radius 1 is 1.50 bits per heavy atom. The van der Waals surface area contributed by atoms with Gasteiger partial charge in [0.15, 0.2) is 0 Å². The largest absolute Gasteiger partial charge is 0.305 e. The van der Waals surface area contributed by atoms with Crippen molar-refractivity contribution in [3.63, 3.8) is 0 Å². The molecular weight excluding hydrogens is 380 g/mol. The van der Waals surface area contributed by atoms with Crippen LogP contribution in [0.1, 0.15) is 30.6 Å². The van der Waals surface area contributed by atoms with E-state index >= 15 is 0 Å². The molecule has 0 aromatic carbocycles. The summed E-state index contributed by atoms with van der Waals surface area (Å²) in [4.78, 5) is 0. The molecule has 18 heavy (non-hydrogen) atoms. The summed E-state index contributed by atoms with van der Waals surface area (Å²) in [6, 6.07) is 2.25. The first-order chi connectivity index (χ1) is 8.63. The minimum atomic E-state index is 0.113. The van der Waals surface area contributed by atoms with Crippen LogP contribution in [0.3, 0.4) is 0 Å². The second kappa shape index (κ2) is 6.27. The summed E-state index contributed by atoms with van der Waals surface area (Å²) < 4.78 is 4.05. The van der Waals surface area contributed by atoms with E-state index in [-0.39, 0.29) is 6.04 Å². The average Bonchev–Trinajstić information content (AvgIpc) is 2.87. The van der Waals surface area contributed by atoms with Crippen molar-refractivity contribution in [1.29, 1.82) is 0 Å². The third-order valence-corrected chi connectivity index (χ3v) is 5.02. The lowest BCUT2D eigenvalue weighted by atomic mass is 10.1. The lowest BCUT2D eigenvalue weighted by Gasteiger charge is -2.17. The molecule has 0 bridgehead atoms. The van der Waals surface area contributed by atoms with Crippen molar-refractivity contribution < 1.29 is 0 Å². The summed E-state index contributed by atoms with van der Waals surface area (Å²) >= 11 is 8.82. The van der Waals surface area contributed by atoms with Gasteiger partial charge in [0.05, 0.1) is 25.5 Å². The van der Waals surface area contributed by atoms with Crippen LogP contribution in [0.5, 0.6) is 0 Å². The fourth-order valence-electron chi connectivity index (χ4n) is 1.77. The highest BCUT2D eigenvalue weighted by atomic mass is 79.9. The quantitative estimate of drug-likeness (QED) is 0.845. The van der Waals surface area contributed by atoms with Crippen molar-refractivity contribution in [2.75, 3.05) is 6.54 Å². The molecule has 0 aliphatic carbocycles. The summed E-state index contributed by atoms with van der Waals surface area (Å²) in [5.74, 6) is 0. The molecule has 7 heteroatoms. The number of aryl methyl sites for hydroxylation is 1. The Kier molecular flexibility index (Phi) is 4.94. The van der Waals surface area contributed by atoms with Gasteiger partial charge < -0.3 is 5.32 Å². The highest BCUT2D eigenvalue weighted by molar-refractivity contribution is 9.12. The first-order valence-corrected chi connectivity index (χ1v) is 8.06. The predicted octanol–water partition coefficient (Wildman–Crippen LogP) is 3.49. The molecule has 1 atom stereocenters. The van der Waals surface area contributed by atoms with Crippen molar-refractivity contribution in [2.45, 2.75) is 19.4 Å². The van der Waals surface area contributed by atoms with Crippen LogP contribution in [0, 0.1) is 0 Å². The van der Waals surface area contributed by atoms with Gasteiger partial charge in [-0.1, -0.05) is 12.1 Å². The summed E-state index contributed by atoms with van der Waals surface area (Å²) in [6.07, 6.45) is 2.90. The van der Waals surface area contributed by atoms with E-state index in [0.29, 0.717) is 0 Å². The lowest BCUT2D eigenvalue weighted by Crippen LogP contribution is -2.25. The molecule has 2 heterocycles. The van der Waals surface area contributed by atoms with Gasteiger partial charge in [0.1, 0.15) is 0 Å². The van der Waals surface area contributed by atoms with Gasteiger partial charge in [0.2, 0.25) is 0 Å². The first kappa shape index (κ1) is 14.2. The van der Waals surface area contributed by atoms with Crippen LogP contribution in [0.25, 0.3) is 0 Å². The van der Waals surface area contributed by atoms with Gasteiger partial charge in [-0.25, -0.2) is 0 Å². The second-order valence-corrected chi connectivity index (χ2v) is 7.70. The normalized spacial score (nSPS) is 12.9. The van der Waals surface area contributed by atoms with Crippen LogP contribution in [-0.4, -0.2) is 21.5 Å². The molecule has 0 fully saturated rings. The highest BCUT2D eigenvalue weighted by Gasteiger charge is 2.21. The Morgan fingerprint density at radius 2 is 2.28 bits per heavy atom. The van der Waals surface area contributed by atoms with Crippen LogP contribution in [0.2, 0.25) is 0 Å².